The summed E-state index contributed by atoms with van der Waals surface area (Å²) >= 11 is 14.0. The Morgan fingerprint density at radius 2 is 1.90 bits per heavy atom. The molecule has 0 saturated carbocycles. The van der Waals surface area contributed by atoms with Crippen LogP contribution in [0.25, 0.3) is 0 Å². The number of hydrogen-bond donors (Lipinski definition) is 3. The van der Waals surface area contributed by atoms with Crippen LogP contribution >= 0.6 is 46.1 Å². The number of ether oxygens (including phenoxy) is 2. The van der Waals surface area contributed by atoms with Crippen LogP contribution in [0.5, 0.6) is 0 Å². The third-order valence-electron chi connectivity index (χ3n) is 4.14. The summed E-state index contributed by atoms with van der Waals surface area (Å²) in [6.45, 7) is 3.18. The molecule has 0 fully saturated rings. The van der Waals surface area contributed by atoms with Crippen molar-refractivity contribution in [1.82, 2.24) is 14.2 Å². The van der Waals surface area contributed by atoms with Gasteiger partial charge in [0.2, 0.25) is 11.8 Å². The second-order valence-corrected chi connectivity index (χ2v) is 8.15. The first-order valence-electron chi connectivity index (χ1n) is 9.85. The van der Waals surface area contributed by atoms with E-state index in [1.54, 1.807) is 17.1 Å². The molecule has 1 heterocycles. The molecule has 172 valence electrons. The molecule has 1 aromatic carbocycles. The van der Waals surface area contributed by atoms with Crippen LogP contribution in [0.1, 0.15) is 19.3 Å². The molecule has 2 rings (SSSR count). The molecule has 0 spiro atoms. The molecule has 1 aromatic rings. The number of hydrogen-bond acceptors (Lipinski definition) is 7. The predicted molar refractivity (Wildman–Crippen MR) is 130 cm³/mol. The number of carbonyl (C=O) groups excluding carboxylic acids is 2. The number of rotatable bonds is 13. The van der Waals surface area contributed by atoms with Crippen LogP contribution in [0.3, 0.4) is 0 Å². The second kappa shape index (κ2) is 14.8. The Balaban J connectivity index is 1.56. The minimum Gasteiger partial charge on any atom is -0.378 e. The lowest BCUT2D eigenvalue weighted by Crippen LogP contribution is -2.32. The van der Waals surface area contributed by atoms with Gasteiger partial charge in [-0.1, -0.05) is 23.2 Å². The summed E-state index contributed by atoms with van der Waals surface area (Å²) in [7, 11) is 0. The van der Waals surface area contributed by atoms with Crippen LogP contribution < -0.4 is 19.2 Å². The SMILES string of the molecule is O=C(COCCOCCNI)NCCCC(=O)NC1=NN(c2ccc(Cl)c(Cl)c2)CC1. The summed E-state index contributed by atoms with van der Waals surface area (Å²) in [4.78, 5) is 23.8. The molecular formula is C19H26Cl2IN5O4. The van der Waals surface area contributed by atoms with Gasteiger partial charge in [0.1, 0.15) is 12.4 Å². The maximum absolute atomic E-state index is 12.1. The van der Waals surface area contributed by atoms with E-state index >= 15 is 0 Å². The molecule has 1 aliphatic rings. The second-order valence-electron chi connectivity index (χ2n) is 6.57. The van der Waals surface area contributed by atoms with Gasteiger partial charge < -0.3 is 20.1 Å². The van der Waals surface area contributed by atoms with Gasteiger partial charge in [-0.3, -0.25) is 18.1 Å². The zero-order chi connectivity index (χ0) is 22.5. The van der Waals surface area contributed by atoms with Gasteiger partial charge in [-0.25, -0.2) is 0 Å². The lowest BCUT2D eigenvalue weighted by Gasteiger charge is -2.13. The van der Waals surface area contributed by atoms with Crippen molar-refractivity contribution >= 4 is 69.4 Å². The lowest BCUT2D eigenvalue weighted by atomic mass is 10.3. The summed E-state index contributed by atoms with van der Waals surface area (Å²) in [6, 6.07) is 5.27. The Labute approximate surface area is 205 Å². The Morgan fingerprint density at radius 1 is 1.10 bits per heavy atom. The highest BCUT2D eigenvalue weighted by atomic mass is 127. The summed E-state index contributed by atoms with van der Waals surface area (Å²) in [5, 5.41) is 12.6. The third kappa shape index (κ3) is 10.3. The largest absolute Gasteiger partial charge is 0.378 e. The average Bonchev–Trinajstić information content (AvgIpc) is 3.21. The molecule has 0 atom stereocenters. The van der Waals surface area contributed by atoms with E-state index in [9.17, 15) is 9.59 Å². The van der Waals surface area contributed by atoms with Crippen molar-refractivity contribution in [3.63, 3.8) is 0 Å². The Hall–Kier alpha value is -1.18. The maximum atomic E-state index is 12.1. The summed E-state index contributed by atoms with van der Waals surface area (Å²) in [6.07, 6.45) is 1.43. The standard InChI is InChI=1S/C19H26Cl2IN5O4/c20-15-4-3-14(12-16(15)21)27-8-5-17(26-27)25-18(28)2-1-6-23-19(29)13-31-11-10-30-9-7-24-22/h3-4,12,24H,1-2,5-11,13H2,(H,23,29)(H,25,26,28). The molecule has 31 heavy (non-hydrogen) atoms. The molecular weight excluding hydrogens is 560 g/mol. The van der Waals surface area contributed by atoms with Crippen molar-refractivity contribution in [3.8, 4) is 0 Å². The number of carbonyl (C=O) groups is 2. The van der Waals surface area contributed by atoms with Gasteiger partial charge in [-0.15, -0.1) is 0 Å². The van der Waals surface area contributed by atoms with Crippen molar-refractivity contribution in [1.29, 1.82) is 0 Å². The first-order valence-corrected chi connectivity index (χ1v) is 11.7. The van der Waals surface area contributed by atoms with E-state index in [1.165, 1.54) is 0 Å². The van der Waals surface area contributed by atoms with Crippen molar-refractivity contribution in [2.45, 2.75) is 19.3 Å². The minimum atomic E-state index is -0.216. The number of benzene rings is 1. The van der Waals surface area contributed by atoms with Crippen molar-refractivity contribution in [3.05, 3.63) is 28.2 Å². The number of anilines is 1. The fourth-order valence-corrected chi connectivity index (χ4v) is 3.14. The van der Waals surface area contributed by atoms with Gasteiger partial charge in [0.05, 0.1) is 35.6 Å². The molecule has 1 aliphatic heterocycles. The fourth-order valence-electron chi connectivity index (χ4n) is 2.62. The molecule has 0 unspecified atom stereocenters. The maximum Gasteiger partial charge on any atom is 0.245 e. The zero-order valence-corrected chi connectivity index (χ0v) is 20.6. The van der Waals surface area contributed by atoms with Gasteiger partial charge in [0.25, 0.3) is 0 Å². The van der Waals surface area contributed by atoms with Crippen LogP contribution in [0.15, 0.2) is 23.3 Å². The topological polar surface area (TPSA) is 104 Å². The highest BCUT2D eigenvalue weighted by Crippen LogP contribution is 2.28. The van der Waals surface area contributed by atoms with Crippen LogP contribution in [-0.4, -0.2) is 63.7 Å². The van der Waals surface area contributed by atoms with Crippen LogP contribution in [0.2, 0.25) is 10.0 Å². The first kappa shape index (κ1) is 26.1. The minimum absolute atomic E-state index is 0.0263. The quantitative estimate of drug-likeness (QED) is 0.187. The van der Waals surface area contributed by atoms with E-state index < -0.39 is 0 Å². The van der Waals surface area contributed by atoms with Gasteiger partial charge in [-0.2, -0.15) is 5.10 Å². The molecule has 9 nitrogen and oxygen atoms in total. The van der Waals surface area contributed by atoms with Gasteiger partial charge in [-0.05, 0) is 24.6 Å². The molecule has 0 radical (unpaired) electrons. The summed E-state index contributed by atoms with van der Waals surface area (Å²) < 4.78 is 13.5. The number of nitrogens with zero attached hydrogens (tertiary/aromatic N) is 2. The van der Waals surface area contributed by atoms with Gasteiger partial charge in [0, 0.05) is 55.3 Å². The van der Waals surface area contributed by atoms with E-state index in [4.69, 9.17) is 32.7 Å². The third-order valence-corrected chi connectivity index (χ3v) is 5.41. The predicted octanol–water partition coefficient (Wildman–Crippen LogP) is 2.50. The van der Waals surface area contributed by atoms with Crippen molar-refractivity contribution in [2.75, 3.05) is 51.1 Å². The number of amidine groups is 1. The lowest BCUT2D eigenvalue weighted by molar-refractivity contribution is -0.126. The van der Waals surface area contributed by atoms with Crippen LogP contribution in [0, 0.1) is 0 Å². The highest BCUT2D eigenvalue weighted by molar-refractivity contribution is 14.1. The summed E-state index contributed by atoms with van der Waals surface area (Å²) in [5.74, 6) is 0.246. The molecule has 0 saturated heterocycles. The van der Waals surface area contributed by atoms with Crippen LogP contribution in [0.4, 0.5) is 5.69 Å². The molecule has 12 heteroatoms. The number of nitrogens with one attached hydrogen (secondary N) is 3. The molecule has 0 aliphatic carbocycles. The van der Waals surface area contributed by atoms with E-state index in [0.29, 0.717) is 61.6 Å². The first-order chi connectivity index (χ1) is 15.0. The van der Waals surface area contributed by atoms with E-state index in [-0.39, 0.29) is 24.8 Å². The molecule has 0 bridgehead atoms. The monoisotopic (exact) mass is 585 g/mol. The van der Waals surface area contributed by atoms with E-state index in [1.807, 2.05) is 28.9 Å². The van der Waals surface area contributed by atoms with E-state index in [2.05, 4.69) is 19.3 Å². The average molecular weight is 586 g/mol. The Morgan fingerprint density at radius 3 is 2.68 bits per heavy atom. The Kier molecular flexibility index (Phi) is 12.4. The fraction of sp³-hybridized carbons (Fsp3) is 0.526. The zero-order valence-electron chi connectivity index (χ0n) is 17.0. The molecule has 3 N–H and O–H groups in total. The van der Waals surface area contributed by atoms with Crippen LogP contribution in [-0.2, 0) is 19.1 Å². The van der Waals surface area contributed by atoms with Gasteiger partial charge >= 0.3 is 0 Å². The molecule has 0 aromatic heterocycles. The molecule has 2 amide bonds. The van der Waals surface area contributed by atoms with E-state index in [0.717, 1.165) is 12.2 Å². The van der Waals surface area contributed by atoms with Crippen molar-refractivity contribution < 1.29 is 19.1 Å². The number of hydrazone groups is 1. The summed E-state index contributed by atoms with van der Waals surface area (Å²) in [5.41, 5.74) is 0.813. The normalized spacial score (nSPS) is 13.3. The Bertz CT molecular complexity index is 769. The van der Waals surface area contributed by atoms with Gasteiger partial charge in [0.15, 0.2) is 0 Å². The smallest absolute Gasteiger partial charge is 0.245 e. The highest BCUT2D eigenvalue weighted by Gasteiger charge is 2.18. The number of halogens is 3. The number of amides is 2. The van der Waals surface area contributed by atoms with Crippen molar-refractivity contribution in [2.24, 2.45) is 5.10 Å².